The van der Waals surface area contributed by atoms with Gasteiger partial charge in [-0.1, -0.05) is 60.7 Å². The first-order chi connectivity index (χ1) is 37.5. The zero-order valence-corrected chi connectivity index (χ0v) is 42.3. The van der Waals surface area contributed by atoms with E-state index < -0.39 is 23.4 Å². The second kappa shape index (κ2) is 22.2. The number of methoxy groups -OCH3 is 2. The molecule has 0 bridgehead atoms. The van der Waals surface area contributed by atoms with Crippen LogP contribution in [0.25, 0.3) is 56.0 Å². The van der Waals surface area contributed by atoms with Crippen LogP contribution in [0.1, 0.15) is 32.4 Å². The Morgan fingerprint density at radius 1 is 0.571 bits per heavy atom. The van der Waals surface area contributed by atoms with Gasteiger partial charge in [-0.25, -0.2) is 34.1 Å². The molecule has 2 saturated heterocycles. The first kappa shape index (κ1) is 50.5. The fourth-order valence-corrected chi connectivity index (χ4v) is 9.22. The van der Waals surface area contributed by atoms with Gasteiger partial charge in [0, 0.05) is 75.9 Å². The number of hydrogen-bond donors (Lipinski definition) is 6. The van der Waals surface area contributed by atoms with Gasteiger partial charge in [-0.2, -0.15) is 20.4 Å². The zero-order valence-electron chi connectivity index (χ0n) is 42.3. The lowest BCUT2D eigenvalue weighted by Crippen LogP contribution is -2.50. The van der Waals surface area contributed by atoms with Crippen molar-refractivity contribution in [1.82, 2.24) is 80.1 Å². The number of aliphatic carboxylic acids is 1. The first-order valence-electron chi connectivity index (χ1n) is 24.4. The van der Waals surface area contributed by atoms with E-state index in [2.05, 4.69) is 99.9 Å². The quantitative estimate of drug-likeness (QED) is 0.0720. The number of pyridine rings is 2. The second-order valence-electron chi connectivity index (χ2n) is 17.7. The summed E-state index contributed by atoms with van der Waals surface area (Å²) >= 11 is 0. The second-order valence-corrected chi connectivity index (χ2v) is 17.7. The third kappa shape index (κ3) is 10.3. The maximum Gasteiger partial charge on any atom is 0.377 e. The zero-order chi connectivity index (χ0) is 53.6. The number of nitrogens with zero attached hydrogens (tertiary/aromatic N) is 13. The Labute approximate surface area is 438 Å². The molecular formula is C52H52N18O7. The predicted molar refractivity (Wildman–Crippen MR) is 283 cm³/mol. The van der Waals surface area contributed by atoms with E-state index in [1.807, 2.05) is 42.6 Å². The van der Waals surface area contributed by atoms with Gasteiger partial charge in [0.1, 0.15) is 35.8 Å². The van der Waals surface area contributed by atoms with Crippen molar-refractivity contribution in [3.05, 3.63) is 133 Å². The highest BCUT2D eigenvalue weighted by Gasteiger charge is 2.32. The van der Waals surface area contributed by atoms with E-state index in [1.165, 1.54) is 65.9 Å². The number of aromatic nitrogens is 14. The van der Waals surface area contributed by atoms with E-state index in [9.17, 15) is 19.2 Å². The van der Waals surface area contributed by atoms with Crippen molar-refractivity contribution >= 4 is 56.6 Å². The lowest BCUT2D eigenvalue weighted by Gasteiger charge is -2.35. The van der Waals surface area contributed by atoms with Crippen molar-refractivity contribution in [2.75, 3.05) is 76.4 Å². The van der Waals surface area contributed by atoms with Gasteiger partial charge in [-0.05, 0) is 13.8 Å². The summed E-state index contributed by atoms with van der Waals surface area (Å²) in [5.41, 5.74) is 7.66. The molecule has 6 N–H and O–H groups in total. The number of amides is 1. The fraction of sp³-hybridized carbons (Fsp3) is 0.231. The number of benzene rings is 2. The standard InChI is InChI=1S/C26H25N9O3.C13H11N5O4.C13H16N4/c1-16-29-15-35(32-16)25-23-21(20(38-2)14-28-25)18(12-27-23)24(36)26(37)34-10-8-33(9-11-34)19-13-30-31-22(19)17-6-4-3-5-7-17;1-6-16-5-18(17-6)12-10-9(8(22-2)4-15-12)7(3-14-10)11(19)13(20)21;1-2-4-11(5-3-1)13-12(10-15-16-13)17-8-6-14-7-9-17/h3-7,12-15,27H,8-11H2,1-2H3,(H,30,31);3-5,14H,1-2H3,(H,20,21);1-5,10,14H,6-9H2,(H,15,16). The number of Topliss-reactive ketones (excluding diaryl/α,β-unsaturated/α-hetero) is 2. The molecule has 2 aromatic carbocycles. The third-order valence-electron chi connectivity index (χ3n) is 13.0. The predicted octanol–water partition coefficient (Wildman–Crippen LogP) is 4.60. The van der Waals surface area contributed by atoms with Crippen LogP contribution in [0.4, 0.5) is 11.4 Å². The molecule has 12 rings (SSSR count). The SMILES string of the molecule is COc1cnc(-n2cnc(C)n2)c2[nH]cc(C(=O)C(=O)N3CCN(c4cn[nH]c4-c4ccccc4)CC3)c12.COc1cnc(-n2cnc(C)n2)c2[nH]cc(C(=O)C(=O)O)c12.c1ccc(-c2[nH]ncc2N2CCNCC2)cc1. The van der Waals surface area contributed by atoms with Crippen molar-refractivity contribution in [3.63, 3.8) is 0 Å². The minimum Gasteiger partial charge on any atom is -0.494 e. The number of carboxylic acids is 1. The molecule has 77 heavy (non-hydrogen) atoms. The molecule has 0 aliphatic carbocycles. The maximum absolute atomic E-state index is 13.4. The van der Waals surface area contributed by atoms with Crippen molar-refractivity contribution in [2.45, 2.75) is 13.8 Å². The number of nitrogens with one attached hydrogen (secondary N) is 5. The van der Waals surface area contributed by atoms with Crippen LogP contribution in [-0.4, -0.2) is 170 Å². The number of H-pyrrole nitrogens is 4. The van der Waals surface area contributed by atoms with Crippen LogP contribution in [0.5, 0.6) is 11.5 Å². The topological polar surface area (TPSA) is 305 Å². The number of carbonyl (C=O) groups excluding carboxylic acids is 3. The largest absolute Gasteiger partial charge is 0.494 e. The Hall–Kier alpha value is -10.0. The number of carboxylic acid groups (broad SMARTS) is 1. The number of rotatable bonds is 12. The summed E-state index contributed by atoms with van der Waals surface area (Å²) < 4.78 is 13.6. The lowest BCUT2D eigenvalue weighted by molar-refractivity contribution is -0.131. The molecule has 25 heteroatoms. The summed E-state index contributed by atoms with van der Waals surface area (Å²) in [6, 6.07) is 20.3. The van der Waals surface area contributed by atoms with Crippen LogP contribution in [0.3, 0.4) is 0 Å². The highest BCUT2D eigenvalue weighted by molar-refractivity contribution is 6.45. The van der Waals surface area contributed by atoms with Gasteiger partial charge in [0.25, 0.3) is 17.5 Å². The molecule has 0 spiro atoms. The van der Waals surface area contributed by atoms with Gasteiger partial charge in [-0.15, -0.1) is 0 Å². The van der Waals surface area contributed by atoms with Crippen LogP contribution in [0.15, 0.2) is 110 Å². The fourth-order valence-electron chi connectivity index (χ4n) is 9.22. The summed E-state index contributed by atoms with van der Waals surface area (Å²) in [7, 11) is 2.91. The Morgan fingerprint density at radius 2 is 1.03 bits per heavy atom. The molecular weight excluding hydrogens is 989 g/mol. The van der Waals surface area contributed by atoms with Crippen LogP contribution >= 0.6 is 0 Å². The summed E-state index contributed by atoms with van der Waals surface area (Å²) in [6.45, 7) is 9.64. The number of ether oxygens (including phenoxy) is 2. The monoisotopic (exact) mass is 1040 g/mol. The number of aryl methyl sites for hydroxylation is 2. The molecule has 25 nitrogen and oxygen atoms in total. The van der Waals surface area contributed by atoms with Crippen LogP contribution in [0, 0.1) is 13.8 Å². The Kier molecular flexibility index (Phi) is 14.6. The first-order valence-corrected chi connectivity index (χ1v) is 24.4. The van der Waals surface area contributed by atoms with Crippen molar-refractivity contribution in [1.29, 1.82) is 0 Å². The molecule has 2 aliphatic heterocycles. The van der Waals surface area contributed by atoms with E-state index in [4.69, 9.17) is 14.6 Å². The van der Waals surface area contributed by atoms with Gasteiger partial charge in [-0.3, -0.25) is 24.6 Å². The minimum atomic E-state index is -1.54. The molecule has 8 aromatic heterocycles. The van der Waals surface area contributed by atoms with E-state index in [1.54, 1.807) is 31.3 Å². The van der Waals surface area contributed by atoms with Crippen LogP contribution < -0.4 is 24.6 Å². The summed E-state index contributed by atoms with van der Waals surface area (Å²) in [5.74, 6) is -1.08. The summed E-state index contributed by atoms with van der Waals surface area (Å²) in [5, 5.41) is 36.2. The number of fused-ring (bicyclic) bond motifs is 2. The van der Waals surface area contributed by atoms with Crippen LogP contribution in [-0.2, 0) is 9.59 Å². The van der Waals surface area contributed by atoms with E-state index in [0.717, 1.165) is 48.8 Å². The van der Waals surface area contributed by atoms with E-state index in [-0.39, 0.29) is 11.1 Å². The van der Waals surface area contributed by atoms with Gasteiger partial charge in [0.15, 0.2) is 11.6 Å². The molecule has 0 unspecified atom stereocenters. The van der Waals surface area contributed by atoms with Crippen LogP contribution in [0.2, 0.25) is 0 Å². The molecule has 0 radical (unpaired) electrons. The Morgan fingerprint density at radius 3 is 1.45 bits per heavy atom. The summed E-state index contributed by atoms with van der Waals surface area (Å²) in [4.78, 5) is 78.4. The normalized spacial score (nSPS) is 13.4. The van der Waals surface area contributed by atoms with Gasteiger partial charge in [0.2, 0.25) is 0 Å². The number of aromatic amines is 4. The van der Waals surface area contributed by atoms with Gasteiger partial charge >= 0.3 is 5.97 Å². The van der Waals surface area contributed by atoms with Gasteiger partial charge < -0.3 is 44.6 Å². The Balaban J connectivity index is 0.000000145. The smallest absolute Gasteiger partial charge is 0.377 e. The Bertz CT molecular complexity index is 3710. The molecule has 0 atom stereocenters. The molecule has 2 fully saturated rings. The number of piperazine rings is 2. The van der Waals surface area contributed by atoms with Gasteiger partial charge in [0.05, 0.1) is 94.7 Å². The maximum atomic E-state index is 13.4. The van der Waals surface area contributed by atoms with Crippen molar-refractivity contribution in [3.8, 4) is 45.6 Å². The average molecular weight is 1040 g/mol. The van der Waals surface area contributed by atoms with E-state index in [0.29, 0.717) is 82.8 Å². The molecule has 0 saturated carbocycles. The third-order valence-corrected chi connectivity index (χ3v) is 13.0. The molecule has 10 aromatic rings. The number of hydrogen-bond acceptors (Lipinski definition) is 17. The molecule has 1 amide bonds. The molecule has 392 valence electrons. The number of ketones is 2. The number of anilines is 2. The molecule has 10 heterocycles. The summed E-state index contributed by atoms with van der Waals surface area (Å²) in [6.07, 6.45) is 12.5. The van der Waals surface area contributed by atoms with Crippen molar-refractivity contribution in [2.24, 2.45) is 0 Å². The molecule has 2 aliphatic rings. The van der Waals surface area contributed by atoms with Crippen molar-refractivity contribution < 1.29 is 33.8 Å². The van der Waals surface area contributed by atoms with E-state index >= 15 is 0 Å². The highest BCUT2D eigenvalue weighted by Crippen LogP contribution is 2.34. The number of carbonyl (C=O) groups is 4. The highest BCUT2D eigenvalue weighted by atomic mass is 16.5. The minimum absolute atomic E-state index is 0.000151. The average Bonchev–Trinajstić information content (AvgIpc) is 4.38. The lowest BCUT2D eigenvalue weighted by atomic mass is 10.1.